The van der Waals surface area contributed by atoms with Crippen LogP contribution >= 0.6 is 0 Å². The van der Waals surface area contributed by atoms with Gasteiger partial charge in [-0.15, -0.1) is 0 Å². The van der Waals surface area contributed by atoms with E-state index in [0.29, 0.717) is 11.3 Å². The molecule has 6 nitrogen and oxygen atoms in total. The minimum absolute atomic E-state index is 0.0929. The van der Waals surface area contributed by atoms with Crippen LogP contribution in [0.15, 0.2) is 41.1 Å². The molecule has 0 fully saturated rings. The third-order valence-corrected chi connectivity index (χ3v) is 2.45. The van der Waals surface area contributed by atoms with Gasteiger partial charge in [-0.3, -0.25) is 4.79 Å². The second-order valence-electron chi connectivity index (χ2n) is 3.78. The molecular formula is C12H13N3O3. The van der Waals surface area contributed by atoms with Crippen molar-refractivity contribution in [2.24, 2.45) is 0 Å². The zero-order valence-corrected chi connectivity index (χ0v) is 9.54. The van der Waals surface area contributed by atoms with Crippen molar-refractivity contribution in [1.82, 2.24) is 10.5 Å². The van der Waals surface area contributed by atoms with Gasteiger partial charge in [0.2, 0.25) is 0 Å². The maximum atomic E-state index is 11.5. The Morgan fingerprint density at radius 3 is 2.72 bits per heavy atom. The van der Waals surface area contributed by atoms with Gasteiger partial charge in [-0.25, -0.2) is 0 Å². The van der Waals surface area contributed by atoms with E-state index in [0.717, 1.165) is 0 Å². The Hall–Kier alpha value is -2.34. The van der Waals surface area contributed by atoms with E-state index < -0.39 is 12.0 Å². The van der Waals surface area contributed by atoms with Crippen molar-refractivity contribution in [2.75, 3.05) is 12.3 Å². The molecule has 1 heterocycles. The number of hydrogen-bond donors (Lipinski definition) is 3. The number of aliphatic hydroxyl groups excluding tert-OH is 1. The molecule has 1 unspecified atom stereocenters. The highest BCUT2D eigenvalue weighted by Crippen LogP contribution is 2.13. The zero-order chi connectivity index (χ0) is 13.0. The van der Waals surface area contributed by atoms with Crippen LogP contribution in [0.4, 0.5) is 5.69 Å². The van der Waals surface area contributed by atoms with Gasteiger partial charge in [-0.1, -0.05) is 17.3 Å². The van der Waals surface area contributed by atoms with Crippen LogP contribution in [-0.2, 0) is 0 Å². The first kappa shape index (κ1) is 12.1. The number of nitrogens with one attached hydrogen (secondary N) is 1. The zero-order valence-electron chi connectivity index (χ0n) is 9.54. The van der Waals surface area contributed by atoms with Crippen LogP contribution in [0.1, 0.15) is 22.2 Å². The van der Waals surface area contributed by atoms with Gasteiger partial charge < -0.3 is 20.7 Å². The Morgan fingerprint density at radius 1 is 1.39 bits per heavy atom. The summed E-state index contributed by atoms with van der Waals surface area (Å²) in [5, 5.41) is 15.9. The third kappa shape index (κ3) is 2.86. The molecular weight excluding hydrogens is 234 g/mol. The molecule has 2 aromatic rings. The van der Waals surface area contributed by atoms with E-state index in [-0.39, 0.29) is 12.2 Å². The molecule has 0 bridgehead atoms. The van der Waals surface area contributed by atoms with Crippen LogP contribution in [0.5, 0.6) is 0 Å². The summed E-state index contributed by atoms with van der Waals surface area (Å²) in [6, 6.07) is 8.26. The Morgan fingerprint density at radius 2 is 2.11 bits per heavy atom. The minimum atomic E-state index is -0.790. The van der Waals surface area contributed by atoms with E-state index in [2.05, 4.69) is 15.0 Å². The molecule has 0 saturated heterocycles. The summed E-state index contributed by atoms with van der Waals surface area (Å²) in [4.78, 5) is 11.5. The van der Waals surface area contributed by atoms with E-state index in [9.17, 15) is 9.90 Å². The average Bonchev–Trinajstić information content (AvgIpc) is 2.90. The van der Waals surface area contributed by atoms with Crippen LogP contribution < -0.4 is 11.1 Å². The predicted octanol–water partition coefficient (Wildman–Crippen LogP) is 0.720. The fourth-order valence-corrected chi connectivity index (χ4v) is 1.45. The molecule has 1 aromatic carbocycles. The van der Waals surface area contributed by atoms with Gasteiger partial charge in [0.25, 0.3) is 5.91 Å². The van der Waals surface area contributed by atoms with E-state index >= 15 is 0 Å². The topological polar surface area (TPSA) is 101 Å². The molecule has 0 radical (unpaired) electrons. The molecule has 18 heavy (non-hydrogen) atoms. The van der Waals surface area contributed by atoms with Gasteiger partial charge in [0.15, 0.2) is 5.69 Å². The largest absolute Gasteiger partial charge is 0.399 e. The van der Waals surface area contributed by atoms with Gasteiger partial charge in [0.1, 0.15) is 6.26 Å². The van der Waals surface area contributed by atoms with Gasteiger partial charge in [0.05, 0.1) is 6.10 Å². The number of hydrogen-bond acceptors (Lipinski definition) is 5. The number of carbonyl (C=O) groups excluding carboxylic acids is 1. The summed E-state index contributed by atoms with van der Waals surface area (Å²) in [6.45, 7) is 0.0929. The molecule has 1 aromatic heterocycles. The molecule has 0 aliphatic heterocycles. The fourth-order valence-electron chi connectivity index (χ4n) is 1.45. The fraction of sp³-hybridized carbons (Fsp3) is 0.167. The number of nitrogens with zero attached hydrogens (tertiary/aromatic N) is 1. The molecule has 4 N–H and O–H groups in total. The summed E-state index contributed by atoms with van der Waals surface area (Å²) >= 11 is 0. The molecule has 0 saturated carbocycles. The molecule has 94 valence electrons. The Kier molecular flexibility index (Phi) is 3.59. The predicted molar refractivity (Wildman–Crippen MR) is 64.7 cm³/mol. The Bertz CT molecular complexity index is 508. The van der Waals surface area contributed by atoms with Gasteiger partial charge in [-0.05, 0) is 17.7 Å². The van der Waals surface area contributed by atoms with Crippen molar-refractivity contribution in [3.05, 3.63) is 47.9 Å². The van der Waals surface area contributed by atoms with Crippen LogP contribution in [0.2, 0.25) is 0 Å². The lowest BCUT2D eigenvalue weighted by Gasteiger charge is -2.11. The summed E-state index contributed by atoms with van der Waals surface area (Å²) in [5.41, 5.74) is 7.03. The number of anilines is 1. The van der Waals surface area contributed by atoms with Crippen molar-refractivity contribution in [2.45, 2.75) is 6.10 Å². The number of benzene rings is 1. The molecule has 0 aliphatic carbocycles. The highest BCUT2D eigenvalue weighted by Gasteiger charge is 2.12. The number of amides is 1. The summed E-state index contributed by atoms with van der Waals surface area (Å²) in [7, 11) is 0. The number of nitrogens with two attached hydrogens (primary N) is 1. The van der Waals surface area contributed by atoms with Crippen LogP contribution in [0, 0.1) is 0 Å². The SMILES string of the molecule is Nc1ccc(C(O)CNC(=O)c2ccon2)cc1. The smallest absolute Gasteiger partial charge is 0.273 e. The normalized spacial score (nSPS) is 12.1. The van der Waals surface area contributed by atoms with Gasteiger partial charge >= 0.3 is 0 Å². The molecule has 0 aliphatic rings. The summed E-state index contributed by atoms with van der Waals surface area (Å²) in [6.07, 6.45) is 0.521. The minimum Gasteiger partial charge on any atom is -0.399 e. The highest BCUT2D eigenvalue weighted by molar-refractivity contribution is 5.91. The molecule has 1 amide bonds. The van der Waals surface area contributed by atoms with E-state index in [4.69, 9.17) is 5.73 Å². The van der Waals surface area contributed by atoms with Crippen molar-refractivity contribution in [3.63, 3.8) is 0 Å². The first-order valence-electron chi connectivity index (χ1n) is 5.39. The van der Waals surface area contributed by atoms with Crippen LogP contribution in [0.3, 0.4) is 0 Å². The maximum Gasteiger partial charge on any atom is 0.273 e. The standard InChI is InChI=1S/C12H13N3O3/c13-9-3-1-8(2-4-9)11(16)7-14-12(17)10-5-6-18-15-10/h1-6,11,16H,7,13H2,(H,14,17). The second-order valence-corrected chi connectivity index (χ2v) is 3.78. The number of aromatic nitrogens is 1. The Labute approximate surface area is 103 Å². The molecule has 1 atom stereocenters. The highest BCUT2D eigenvalue weighted by atomic mass is 16.5. The Balaban J connectivity index is 1.90. The number of aliphatic hydroxyl groups is 1. The van der Waals surface area contributed by atoms with E-state index in [1.54, 1.807) is 24.3 Å². The number of rotatable bonds is 4. The molecule has 0 spiro atoms. The lowest BCUT2D eigenvalue weighted by molar-refractivity contribution is 0.0907. The quantitative estimate of drug-likeness (QED) is 0.691. The lowest BCUT2D eigenvalue weighted by Crippen LogP contribution is -2.28. The monoisotopic (exact) mass is 247 g/mol. The van der Waals surface area contributed by atoms with Crippen LogP contribution in [0.25, 0.3) is 0 Å². The van der Waals surface area contributed by atoms with Crippen molar-refractivity contribution in [3.8, 4) is 0 Å². The van der Waals surface area contributed by atoms with Gasteiger partial charge in [-0.2, -0.15) is 0 Å². The van der Waals surface area contributed by atoms with Crippen molar-refractivity contribution in [1.29, 1.82) is 0 Å². The number of nitrogen functional groups attached to an aromatic ring is 1. The first-order valence-corrected chi connectivity index (χ1v) is 5.39. The lowest BCUT2D eigenvalue weighted by atomic mass is 10.1. The van der Waals surface area contributed by atoms with Crippen LogP contribution in [-0.4, -0.2) is 22.7 Å². The average molecular weight is 247 g/mol. The molecule has 6 heteroatoms. The maximum absolute atomic E-state index is 11.5. The second kappa shape index (κ2) is 5.33. The van der Waals surface area contributed by atoms with E-state index in [1.165, 1.54) is 12.3 Å². The van der Waals surface area contributed by atoms with E-state index in [1.807, 2.05) is 0 Å². The van der Waals surface area contributed by atoms with Crippen molar-refractivity contribution < 1.29 is 14.4 Å². The number of carbonyl (C=O) groups is 1. The molecule has 2 rings (SSSR count). The van der Waals surface area contributed by atoms with Gasteiger partial charge in [0, 0.05) is 18.3 Å². The first-order chi connectivity index (χ1) is 8.66. The van der Waals surface area contributed by atoms with Crippen molar-refractivity contribution >= 4 is 11.6 Å². The summed E-state index contributed by atoms with van der Waals surface area (Å²) in [5.74, 6) is -0.391. The third-order valence-electron chi connectivity index (χ3n) is 2.45. The summed E-state index contributed by atoms with van der Waals surface area (Å²) < 4.78 is 4.55.